The van der Waals surface area contributed by atoms with E-state index in [2.05, 4.69) is 25.7 Å². The Labute approximate surface area is 70.9 Å². The Bertz CT molecular complexity index is 97.0. The Morgan fingerprint density at radius 3 is 2.55 bits per heavy atom. The highest BCUT2D eigenvalue weighted by Crippen LogP contribution is 2.02. The molecular formula is C10H21N. The van der Waals surface area contributed by atoms with Crippen molar-refractivity contribution >= 4 is 0 Å². The number of hydrogen-bond acceptors (Lipinski definition) is 1. The van der Waals surface area contributed by atoms with Crippen molar-refractivity contribution in [2.24, 2.45) is 0 Å². The molecule has 0 heterocycles. The SMILES string of the molecule is C=C(CCCC)CNCCC. The number of rotatable bonds is 7. The predicted molar refractivity (Wildman–Crippen MR) is 51.8 cm³/mol. The molecule has 1 heteroatoms. The van der Waals surface area contributed by atoms with E-state index < -0.39 is 0 Å². The lowest BCUT2D eigenvalue weighted by Crippen LogP contribution is -2.17. The molecule has 0 aliphatic heterocycles. The van der Waals surface area contributed by atoms with Gasteiger partial charge in [-0.05, 0) is 25.8 Å². The molecule has 0 atom stereocenters. The third-order valence-electron chi connectivity index (χ3n) is 1.69. The van der Waals surface area contributed by atoms with Crippen molar-refractivity contribution in [1.29, 1.82) is 0 Å². The van der Waals surface area contributed by atoms with Crippen molar-refractivity contribution in [1.82, 2.24) is 5.32 Å². The normalized spacial score (nSPS) is 10.0. The van der Waals surface area contributed by atoms with Crippen LogP contribution >= 0.6 is 0 Å². The summed E-state index contributed by atoms with van der Waals surface area (Å²) in [7, 11) is 0. The third kappa shape index (κ3) is 7.60. The van der Waals surface area contributed by atoms with E-state index in [1.807, 2.05) is 0 Å². The van der Waals surface area contributed by atoms with Crippen molar-refractivity contribution < 1.29 is 0 Å². The van der Waals surface area contributed by atoms with Crippen LogP contribution in [0.4, 0.5) is 0 Å². The van der Waals surface area contributed by atoms with Crippen molar-refractivity contribution in [3.63, 3.8) is 0 Å². The highest BCUT2D eigenvalue weighted by atomic mass is 14.8. The van der Waals surface area contributed by atoms with Crippen molar-refractivity contribution in [2.75, 3.05) is 13.1 Å². The zero-order valence-electron chi connectivity index (χ0n) is 7.95. The standard InChI is InChI=1S/C10H21N/c1-4-6-7-10(3)9-11-8-5-2/h11H,3-9H2,1-2H3. The van der Waals surface area contributed by atoms with Gasteiger partial charge in [-0.2, -0.15) is 0 Å². The second-order valence-corrected chi connectivity index (χ2v) is 3.03. The van der Waals surface area contributed by atoms with Gasteiger partial charge < -0.3 is 5.32 Å². The molecule has 0 radical (unpaired) electrons. The van der Waals surface area contributed by atoms with Gasteiger partial charge in [0.05, 0.1) is 0 Å². The monoisotopic (exact) mass is 155 g/mol. The van der Waals surface area contributed by atoms with Crippen LogP contribution in [0.1, 0.15) is 39.5 Å². The van der Waals surface area contributed by atoms with Gasteiger partial charge in [0.25, 0.3) is 0 Å². The lowest BCUT2D eigenvalue weighted by Gasteiger charge is -2.05. The van der Waals surface area contributed by atoms with Crippen LogP contribution in [-0.2, 0) is 0 Å². The molecular weight excluding hydrogens is 134 g/mol. The Kier molecular flexibility index (Phi) is 7.59. The van der Waals surface area contributed by atoms with Crippen molar-refractivity contribution in [2.45, 2.75) is 39.5 Å². The largest absolute Gasteiger partial charge is 0.313 e. The van der Waals surface area contributed by atoms with Gasteiger partial charge in [0.2, 0.25) is 0 Å². The molecule has 1 N–H and O–H groups in total. The van der Waals surface area contributed by atoms with Gasteiger partial charge in [0.15, 0.2) is 0 Å². The second-order valence-electron chi connectivity index (χ2n) is 3.03. The van der Waals surface area contributed by atoms with E-state index in [0.717, 1.165) is 13.1 Å². The smallest absolute Gasteiger partial charge is 0.0161 e. The zero-order valence-corrected chi connectivity index (χ0v) is 7.95. The third-order valence-corrected chi connectivity index (χ3v) is 1.69. The van der Waals surface area contributed by atoms with E-state index in [0.29, 0.717) is 0 Å². The molecule has 66 valence electrons. The molecule has 0 saturated carbocycles. The van der Waals surface area contributed by atoms with E-state index in [4.69, 9.17) is 0 Å². The molecule has 0 saturated heterocycles. The summed E-state index contributed by atoms with van der Waals surface area (Å²) in [4.78, 5) is 0. The molecule has 0 bridgehead atoms. The van der Waals surface area contributed by atoms with E-state index in [9.17, 15) is 0 Å². The highest BCUT2D eigenvalue weighted by molar-refractivity contribution is 4.95. The van der Waals surface area contributed by atoms with Gasteiger partial charge in [0.1, 0.15) is 0 Å². The summed E-state index contributed by atoms with van der Waals surface area (Å²) in [6.07, 6.45) is 4.95. The summed E-state index contributed by atoms with van der Waals surface area (Å²) in [6.45, 7) is 10.5. The molecule has 0 unspecified atom stereocenters. The maximum absolute atomic E-state index is 4.00. The fourth-order valence-electron chi connectivity index (χ4n) is 0.957. The van der Waals surface area contributed by atoms with Crippen LogP contribution in [0.2, 0.25) is 0 Å². The second kappa shape index (κ2) is 7.80. The number of unbranched alkanes of at least 4 members (excludes halogenated alkanes) is 1. The van der Waals surface area contributed by atoms with Crippen molar-refractivity contribution in [3.8, 4) is 0 Å². The van der Waals surface area contributed by atoms with Gasteiger partial charge in [-0.3, -0.25) is 0 Å². The topological polar surface area (TPSA) is 12.0 Å². The van der Waals surface area contributed by atoms with Crippen LogP contribution in [0, 0.1) is 0 Å². The molecule has 0 aromatic carbocycles. The van der Waals surface area contributed by atoms with Gasteiger partial charge in [-0.25, -0.2) is 0 Å². The molecule has 0 aromatic rings. The average molecular weight is 155 g/mol. The summed E-state index contributed by atoms with van der Waals surface area (Å²) in [6, 6.07) is 0. The van der Waals surface area contributed by atoms with Crippen LogP contribution in [-0.4, -0.2) is 13.1 Å². The molecule has 0 spiro atoms. The van der Waals surface area contributed by atoms with Crippen LogP contribution < -0.4 is 5.32 Å². The molecule has 0 aromatic heterocycles. The summed E-state index contributed by atoms with van der Waals surface area (Å²) >= 11 is 0. The molecule has 0 amide bonds. The van der Waals surface area contributed by atoms with Gasteiger partial charge >= 0.3 is 0 Å². The first-order valence-electron chi connectivity index (χ1n) is 4.68. The van der Waals surface area contributed by atoms with Gasteiger partial charge in [0, 0.05) is 6.54 Å². The maximum Gasteiger partial charge on any atom is 0.0161 e. The van der Waals surface area contributed by atoms with Crippen LogP contribution in [0.15, 0.2) is 12.2 Å². The van der Waals surface area contributed by atoms with Gasteiger partial charge in [-0.1, -0.05) is 32.4 Å². The van der Waals surface area contributed by atoms with Crippen LogP contribution in [0.3, 0.4) is 0 Å². The summed E-state index contributed by atoms with van der Waals surface area (Å²) in [5.41, 5.74) is 1.35. The summed E-state index contributed by atoms with van der Waals surface area (Å²) in [5, 5.41) is 3.34. The highest BCUT2D eigenvalue weighted by Gasteiger charge is 1.91. The van der Waals surface area contributed by atoms with Crippen LogP contribution in [0.25, 0.3) is 0 Å². The first-order valence-corrected chi connectivity index (χ1v) is 4.68. The van der Waals surface area contributed by atoms with E-state index in [1.165, 1.54) is 31.3 Å². The molecule has 0 rings (SSSR count). The molecule has 0 fully saturated rings. The summed E-state index contributed by atoms with van der Waals surface area (Å²) < 4.78 is 0. The molecule has 0 aliphatic carbocycles. The molecule has 0 aliphatic rings. The van der Waals surface area contributed by atoms with Crippen molar-refractivity contribution in [3.05, 3.63) is 12.2 Å². The lowest BCUT2D eigenvalue weighted by atomic mass is 10.1. The Morgan fingerprint density at radius 2 is 2.00 bits per heavy atom. The first-order chi connectivity index (χ1) is 5.31. The predicted octanol–water partition coefficient (Wildman–Crippen LogP) is 2.73. The Morgan fingerprint density at radius 1 is 1.27 bits per heavy atom. The Balaban J connectivity index is 3.09. The van der Waals surface area contributed by atoms with E-state index >= 15 is 0 Å². The quantitative estimate of drug-likeness (QED) is 0.440. The molecule has 1 nitrogen and oxygen atoms in total. The first kappa shape index (κ1) is 10.7. The Hall–Kier alpha value is -0.300. The molecule has 11 heavy (non-hydrogen) atoms. The van der Waals surface area contributed by atoms with E-state index in [-0.39, 0.29) is 0 Å². The zero-order chi connectivity index (χ0) is 8.53. The maximum atomic E-state index is 4.00. The average Bonchev–Trinajstić information content (AvgIpc) is 2.01. The number of nitrogens with one attached hydrogen (secondary N) is 1. The minimum Gasteiger partial charge on any atom is -0.313 e. The lowest BCUT2D eigenvalue weighted by molar-refractivity contribution is 0.682. The fraction of sp³-hybridized carbons (Fsp3) is 0.800. The van der Waals surface area contributed by atoms with Gasteiger partial charge in [-0.15, -0.1) is 0 Å². The fourth-order valence-corrected chi connectivity index (χ4v) is 0.957. The summed E-state index contributed by atoms with van der Waals surface area (Å²) in [5.74, 6) is 0. The minimum atomic E-state index is 1.01. The van der Waals surface area contributed by atoms with Crippen LogP contribution in [0.5, 0.6) is 0 Å². The van der Waals surface area contributed by atoms with E-state index in [1.54, 1.807) is 0 Å². The number of hydrogen-bond donors (Lipinski definition) is 1. The minimum absolute atomic E-state index is 1.01.